The van der Waals surface area contributed by atoms with Gasteiger partial charge in [0, 0.05) is 33.1 Å². The number of nitrogens with zero attached hydrogens (tertiary/aromatic N) is 3. The highest BCUT2D eigenvalue weighted by Crippen LogP contribution is 2.31. The fraction of sp³-hybridized carbons (Fsp3) is 0.389. The van der Waals surface area contributed by atoms with Gasteiger partial charge in [-0.1, -0.05) is 0 Å². The summed E-state index contributed by atoms with van der Waals surface area (Å²) >= 11 is 0. The number of H-pyrrole nitrogens is 3. The average molecular weight is 418 g/mol. The molecule has 154 valence electrons. The predicted molar refractivity (Wildman–Crippen MR) is 106 cm³/mol. The summed E-state index contributed by atoms with van der Waals surface area (Å²) in [6.45, 7) is 0.644. The van der Waals surface area contributed by atoms with E-state index in [0.29, 0.717) is 35.3 Å². The molecule has 0 saturated carbocycles. The zero-order valence-electron chi connectivity index (χ0n) is 16.1. The first-order chi connectivity index (χ1) is 13.8. The summed E-state index contributed by atoms with van der Waals surface area (Å²) in [4.78, 5) is 30.6. The Morgan fingerprint density at radius 3 is 2.76 bits per heavy atom. The molecule has 1 aliphatic heterocycles. The minimum Gasteiger partial charge on any atom is -0.345 e. The van der Waals surface area contributed by atoms with Crippen molar-refractivity contribution in [3.63, 3.8) is 0 Å². The highest BCUT2D eigenvalue weighted by atomic mass is 32.2. The van der Waals surface area contributed by atoms with Crippen molar-refractivity contribution < 1.29 is 13.2 Å². The topological polar surface area (TPSA) is 135 Å². The molecular formula is C18H22N6O4S. The Bertz CT molecular complexity index is 1220. The minimum atomic E-state index is -3.75. The molecule has 4 rings (SSSR count). The van der Waals surface area contributed by atoms with Crippen LogP contribution in [-0.2, 0) is 10.0 Å². The number of sulfonamides is 1. The third kappa shape index (κ3) is 3.47. The molecule has 0 spiro atoms. The summed E-state index contributed by atoms with van der Waals surface area (Å²) in [6.07, 6.45) is 2.91. The van der Waals surface area contributed by atoms with E-state index < -0.39 is 10.0 Å². The van der Waals surface area contributed by atoms with Crippen molar-refractivity contribution in [1.29, 1.82) is 0 Å². The molecule has 10 nitrogen and oxygen atoms in total. The molecule has 1 atom stereocenters. The van der Waals surface area contributed by atoms with Crippen molar-refractivity contribution in [2.75, 3.05) is 27.2 Å². The summed E-state index contributed by atoms with van der Waals surface area (Å²) < 4.78 is 27.8. The highest BCUT2D eigenvalue weighted by Gasteiger charge is 2.33. The molecule has 1 amide bonds. The Balaban J connectivity index is 1.63. The van der Waals surface area contributed by atoms with Crippen molar-refractivity contribution >= 4 is 27.0 Å². The SMILES string of the molecule is CN(C)C(=O)c1cn[nH]c1C1CCCN(S(=O)(=O)c2ccc3[nH]c(=O)[nH]c3c2)C1. The first-order valence-corrected chi connectivity index (χ1v) is 10.7. The molecule has 3 heterocycles. The first kappa shape index (κ1) is 19.4. The number of carbonyl (C=O) groups is 1. The van der Waals surface area contributed by atoms with Crippen LogP contribution < -0.4 is 5.69 Å². The van der Waals surface area contributed by atoms with Gasteiger partial charge < -0.3 is 14.9 Å². The average Bonchev–Trinajstić information content (AvgIpc) is 3.32. The van der Waals surface area contributed by atoms with E-state index in [9.17, 15) is 18.0 Å². The standard InChI is InChI=1S/C18H22N6O4S/c1-23(2)17(25)13-9-19-22-16(13)11-4-3-7-24(10-11)29(27,28)12-5-6-14-15(8-12)21-18(26)20-14/h5-6,8-9,11H,3-4,7,10H2,1-2H3,(H,19,22)(H2,20,21,26). The van der Waals surface area contributed by atoms with Crippen LogP contribution in [0.5, 0.6) is 0 Å². The van der Waals surface area contributed by atoms with Gasteiger partial charge in [0.15, 0.2) is 0 Å². The Hall–Kier alpha value is -2.92. The van der Waals surface area contributed by atoms with Crippen LogP contribution in [0.15, 0.2) is 34.1 Å². The Morgan fingerprint density at radius 1 is 1.24 bits per heavy atom. The second-order valence-electron chi connectivity index (χ2n) is 7.39. The van der Waals surface area contributed by atoms with Crippen molar-refractivity contribution in [2.45, 2.75) is 23.7 Å². The van der Waals surface area contributed by atoms with Gasteiger partial charge in [-0.2, -0.15) is 9.40 Å². The lowest BCUT2D eigenvalue weighted by molar-refractivity contribution is 0.0825. The lowest BCUT2D eigenvalue weighted by Crippen LogP contribution is -2.39. The Kier molecular flexibility index (Phi) is 4.79. The number of rotatable bonds is 4. The van der Waals surface area contributed by atoms with E-state index in [1.807, 2.05) is 0 Å². The van der Waals surface area contributed by atoms with Crippen LogP contribution in [0.1, 0.15) is 34.8 Å². The van der Waals surface area contributed by atoms with Crippen molar-refractivity contribution in [3.05, 3.63) is 46.1 Å². The van der Waals surface area contributed by atoms with E-state index in [2.05, 4.69) is 20.2 Å². The van der Waals surface area contributed by atoms with Crippen LogP contribution in [0, 0.1) is 0 Å². The van der Waals surface area contributed by atoms with E-state index in [4.69, 9.17) is 0 Å². The summed E-state index contributed by atoms with van der Waals surface area (Å²) in [7, 11) is -0.420. The van der Waals surface area contributed by atoms with Gasteiger partial charge in [0.1, 0.15) is 0 Å². The molecule has 29 heavy (non-hydrogen) atoms. The van der Waals surface area contributed by atoms with Gasteiger partial charge in [0.2, 0.25) is 10.0 Å². The van der Waals surface area contributed by atoms with Crippen LogP contribution in [0.25, 0.3) is 11.0 Å². The van der Waals surface area contributed by atoms with E-state index in [1.54, 1.807) is 20.2 Å². The molecule has 3 aromatic rings. The number of nitrogens with one attached hydrogen (secondary N) is 3. The third-order valence-electron chi connectivity index (χ3n) is 5.22. The van der Waals surface area contributed by atoms with Crippen LogP contribution in [0.2, 0.25) is 0 Å². The first-order valence-electron chi connectivity index (χ1n) is 9.24. The molecular weight excluding hydrogens is 396 g/mol. The quantitative estimate of drug-likeness (QED) is 0.577. The lowest BCUT2D eigenvalue weighted by atomic mass is 9.93. The van der Waals surface area contributed by atoms with Crippen LogP contribution in [0.3, 0.4) is 0 Å². The smallest absolute Gasteiger partial charge is 0.323 e. The molecule has 1 unspecified atom stereocenters. The minimum absolute atomic E-state index is 0.120. The second-order valence-corrected chi connectivity index (χ2v) is 9.32. The number of aromatic amines is 3. The van der Waals surface area contributed by atoms with Crippen molar-refractivity contribution in [2.24, 2.45) is 0 Å². The summed E-state index contributed by atoms with van der Waals surface area (Å²) in [5.74, 6) is -0.327. The molecule has 11 heteroatoms. The number of carbonyl (C=O) groups excluding carboxylic acids is 1. The maximum atomic E-state index is 13.2. The third-order valence-corrected chi connectivity index (χ3v) is 7.08. The van der Waals surface area contributed by atoms with Crippen LogP contribution >= 0.6 is 0 Å². The van der Waals surface area contributed by atoms with Gasteiger partial charge in [-0.25, -0.2) is 13.2 Å². The molecule has 2 aromatic heterocycles. The van der Waals surface area contributed by atoms with Gasteiger partial charge in [0.05, 0.1) is 33.4 Å². The zero-order valence-corrected chi connectivity index (χ0v) is 16.9. The number of hydrogen-bond acceptors (Lipinski definition) is 5. The molecule has 1 fully saturated rings. The van der Waals surface area contributed by atoms with Crippen molar-refractivity contribution in [3.8, 4) is 0 Å². The highest BCUT2D eigenvalue weighted by molar-refractivity contribution is 7.89. The van der Waals surface area contributed by atoms with Gasteiger partial charge in [-0.15, -0.1) is 0 Å². The van der Waals surface area contributed by atoms with E-state index >= 15 is 0 Å². The zero-order chi connectivity index (χ0) is 20.8. The van der Waals surface area contributed by atoms with Crippen molar-refractivity contribution in [1.82, 2.24) is 29.4 Å². The lowest BCUT2D eigenvalue weighted by Gasteiger charge is -2.32. The van der Waals surface area contributed by atoms with E-state index in [-0.39, 0.29) is 29.0 Å². The fourth-order valence-corrected chi connectivity index (χ4v) is 5.29. The van der Waals surface area contributed by atoms with Crippen LogP contribution in [-0.4, -0.2) is 70.9 Å². The number of aromatic nitrogens is 4. The Labute approximate surface area is 167 Å². The van der Waals surface area contributed by atoms with Gasteiger partial charge in [-0.3, -0.25) is 9.89 Å². The molecule has 0 aliphatic carbocycles. The second kappa shape index (κ2) is 7.16. The predicted octanol–water partition coefficient (Wildman–Crippen LogP) is 0.849. The Morgan fingerprint density at radius 2 is 2.00 bits per heavy atom. The van der Waals surface area contributed by atoms with E-state index in [1.165, 1.54) is 27.5 Å². The number of benzene rings is 1. The van der Waals surface area contributed by atoms with Gasteiger partial charge >= 0.3 is 5.69 Å². The molecule has 1 aromatic carbocycles. The molecule has 1 aliphatic rings. The number of amides is 1. The summed E-state index contributed by atoms with van der Waals surface area (Å²) in [6, 6.07) is 4.52. The maximum absolute atomic E-state index is 13.2. The summed E-state index contributed by atoms with van der Waals surface area (Å²) in [5, 5.41) is 6.89. The monoisotopic (exact) mass is 418 g/mol. The number of piperidine rings is 1. The molecule has 0 bridgehead atoms. The van der Waals surface area contributed by atoms with Gasteiger partial charge in [0.25, 0.3) is 5.91 Å². The normalized spacial score (nSPS) is 18.2. The molecule has 3 N–H and O–H groups in total. The largest absolute Gasteiger partial charge is 0.345 e. The number of fused-ring (bicyclic) bond motifs is 1. The maximum Gasteiger partial charge on any atom is 0.323 e. The number of hydrogen-bond donors (Lipinski definition) is 3. The molecule has 0 radical (unpaired) electrons. The van der Waals surface area contributed by atoms with E-state index in [0.717, 1.165) is 6.42 Å². The fourth-order valence-electron chi connectivity index (χ4n) is 3.74. The molecule has 1 saturated heterocycles. The number of imidazole rings is 1. The van der Waals surface area contributed by atoms with Gasteiger partial charge in [-0.05, 0) is 31.0 Å². The van der Waals surface area contributed by atoms with Crippen LogP contribution in [0.4, 0.5) is 0 Å². The summed E-state index contributed by atoms with van der Waals surface area (Å²) in [5.41, 5.74) is 1.73.